The molecule has 108 valence electrons. The molecule has 4 nitrogen and oxygen atoms in total. The van der Waals surface area contributed by atoms with Gasteiger partial charge in [-0.2, -0.15) is 0 Å². The lowest BCUT2D eigenvalue weighted by atomic mass is 10.1. The number of hydrogen-bond acceptors (Lipinski definition) is 3. The molecule has 0 bridgehead atoms. The number of phenolic OH excluding ortho intramolecular Hbond substituents is 1. The number of hydrogen-bond donors (Lipinski definition) is 1. The Balaban J connectivity index is 2.54. The van der Waals surface area contributed by atoms with Crippen molar-refractivity contribution in [2.75, 3.05) is 6.61 Å². The maximum Gasteiger partial charge on any atom is 0.200 e. The van der Waals surface area contributed by atoms with E-state index >= 15 is 0 Å². The van der Waals surface area contributed by atoms with E-state index in [0.717, 1.165) is 5.52 Å². The highest BCUT2D eigenvalue weighted by molar-refractivity contribution is 5.97. The number of aromatic hydroxyl groups is 1. The van der Waals surface area contributed by atoms with Crippen molar-refractivity contribution in [3.63, 3.8) is 0 Å². The van der Waals surface area contributed by atoms with Crippen molar-refractivity contribution in [1.82, 2.24) is 4.57 Å². The van der Waals surface area contributed by atoms with E-state index in [-0.39, 0.29) is 11.2 Å². The van der Waals surface area contributed by atoms with Crippen molar-refractivity contribution in [2.45, 2.75) is 20.4 Å². The van der Waals surface area contributed by atoms with Gasteiger partial charge in [-0.3, -0.25) is 4.79 Å². The second-order valence-corrected chi connectivity index (χ2v) is 4.86. The van der Waals surface area contributed by atoms with Crippen LogP contribution < -0.4 is 10.2 Å². The van der Waals surface area contributed by atoms with Gasteiger partial charge in [0.25, 0.3) is 0 Å². The summed E-state index contributed by atoms with van der Waals surface area (Å²) in [5.41, 5.74) is 1.42. The summed E-state index contributed by atoms with van der Waals surface area (Å²) < 4.78 is 7.49. The lowest BCUT2D eigenvalue weighted by Gasteiger charge is -2.15. The standard InChI is InChI=1S/C17H17NO3/c1-3-18-13-8-6-5-7-12(13)17(20)16-14(18)9-11(21-4-2)10-15(16)19/h5-10,19H,3-4H2,1-2H3. The van der Waals surface area contributed by atoms with Crippen LogP contribution in [0.2, 0.25) is 0 Å². The molecule has 0 radical (unpaired) electrons. The molecule has 2 aromatic carbocycles. The fourth-order valence-electron chi connectivity index (χ4n) is 2.79. The summed E-state index contributed by atoms with van der Waals surface area (Å²) in [6, 6.07) is 10.8. The van der Waals surface area contributed by atoms with Gasteiger partial charge in [-0.15, -0.1) is 0 Å². The number of nitrogens with zero attached hydrogens (tertiary/aromatic N) is 1. The Bertz CT molecular complexity index is 880. The fraction of sp³-hybridized carbons (Fsp3) is 0.235. The monoisotopic (exact) mass is 283 g/mol. The van der Waals surface area contributed by atoms with Gasteiger partial charge in [0, 0.05) is 24.1 Å². The van der Waals surface area contributed by atoms with E-state index < -0.39 is 0 Å². The van der Waals surface area contributed by atoms with Gasteiger partial charge in [-0.1, -0.05) is 12.1 Å². The first-order valence-electron chi connectivity index (χ1n) is 7.08. The number of pyridine rings is 1. The van der Waals surface area contributed by atoms with Crippen molar-refractivity contribution in [3.05, 3.63) is 46.6 Å². The Morgan fingerprint density at radius 3 is 2.62 bits per heavy atom. The smallest absolute Gasteiger partial charge is 0.200 e. The SMILES string of the molecule is CCOc1cc(O)c2c(=O)c3ccccc3n(CC)c2c1. The van der Waals surface area contributed by atoms with Crippen molar-refractivity contribution >= 4 is 21.8 Å². The molecule has 0 aliphatic carbocycles. The zero-order valence-corrected chi connectivity index (χ0v) is 12.1. The van der Waals surface area contributed by atoms with E-state index in [0.29, 0.717) is 35.2 Å². The summed E-state index contributed by atoms with van der Waals surface area (Å²) in [4.78, 5) is 12.6. The first-order valence-corrected chi connectivity index (χ1v) is 7.08. The first kappa shape index (κ1) is 13.5. The summed E-state index contributed by atoms with van der Waals surface area (Å²) in [6.07, 6.45) is 0. The molecule has 3 aromatic rings. The molecule has 1 aromatic heterocycles. The number of phenols is 1. The normalized spacial score (nSPS) is 11.1. The zero-order chi connectivity index (χ0) is 15.0. The number of ether oxygens (including phenoxy) is 1. The molecule has 0 saturated carbocycles. The van der Waals surface area contributed by atoms with E-state index in [1.54, 1.807) is 6.07 Å². The Morgan fingerprint density at radius 1 is 1.14 bits per heavy atom. The summed E-state index contributed by atoms with van der Waals surface area (Å²) >= 11 is 0. The molecule has 1 N–H and O–H groups in total. The van der Waals surface area contributed by atoms with Gasteiger partial charge in [0.05, 0.1) is 23.0 Å². The summed E-state index contributed by atoms with van der Waals surface area (Å²) in [5, 5.41) is 11.2. The lowest BCUT2D eigenvalue weighted by Crippen LogP contribution is -2.11. The molecule has 0 atom stereocenters. The van der Waals surface area contributed by atoms with Crippen LogP contribution in [0.4, 0.5) is 0 Å². The van der Waals surface area contributed by atoms with Gasteiger partial charge < -0.3 is 14.4 Å². The van der Waals surface area contributed by atoms with Crippen LogP contribution in [0.5, 0.6) is 11.5 Å². The maximum atomic E-state index is 12.6. The highest BCUT2D eigenvalue weighted by atomic mass is 16.5. The number of aromatic nitrogens is 1. The average Bonchev–Trinajstić information content (AvgIpc) is 2.48. The minimum Gasteiger partial charge on any atom is -0.507 e. The predicted octanol–water partition coefficient (Wildman–Crippen LogP) is 3.28. The highest BCUT2D eigenvalue weighted by Crippen LogP contribution is 2.30. The van der Waals surface area contributed by atoms with Gasteiger partial charge in [0.15, 0.2) is 0 Å². The maximum absolute atomic E-state index is 12.6. The molecular formula is C17H17NO3. The van der Waals surface area contributed by atoms with Crippen molar-refractivity contribution in [2.24, 2.45) is 0 Å². The van der Waals surface area contributed by atoms with Crippen LogP contribution in [-0.4, -0.2) is 16.3 Å². The van der Waals surface area contributed by atoms with Crippen LogP contribution in [0.15, 0.2) is 41.2 Å². The third-order valence-electron chi connectivity index (χ3n) is 3.65. The van der Waals surface area contributed by atoms with Crippen LogP contribution in [0.25, 0.3) is 21.8 Å². The second kappa shape index (κ2) is 5.13. The Labute approximate surface area is 122 Å². The van der Waals surface area contributed by atoms with E-state index in [1.165, 1.54) is 6.07 Å². The lowest BCUT2D eigenvalue weighted by molar-refractivity contribution is 0.338. The average molecular weight is 283 g/mol. The van der Waals surface area contributed by atoms with Gasteiger partial charge in [0.1, 0.15) is 11.5 Å². The number of rotatable bonds is 3. The summed E-state index contributed by atoms with van der Waals surface area (Å²) in [6.45, 7) is 5.11. The van der Waals surface area contributed by atoms with E-state index in [4.69, 9.17) is 4.74 Å². The van der Waals surface area contributed by atoms with Crippen molar-refractivity contribution in [1.29, 1.82) is 0 Å². The third kappa shape index (κ3) is 2.03. The van der Waals surface area contributed by atoms with Crippen LogP contribution in [0.1, 0.15) is 13.8 Å². The van der Waals surface area contributed by atoms with Gasteiger partial charge >= 0.3 is 0 Å². The first-order chi connectivity index (χ1) is 10.2. The molecule has 0 fully saturated rings. The molecule has 0 unspecified atom stereocenters. The number of para-hydroxylation sites is 1. The largest absolute Gasteiger partial charge is 0.507 e. The molecule has 0 aliphatic rings. The van der Waals surface area contributed by atoms with Gasteiger partial charge in [-0.25, -0.2) is 0 Å². The van der Waals surface area contributed by atoms with Gasteiger partial charge in [-0.05, 0) is 26.0 Å². The molecular weight excluding hydrogens is 266 g/mol. The highest BCUT2D eigenvalue weighted by Gasteiger charge is 2.14. The Hall–Kier alpha value is -2.49. The van der Waals surface area contributed by atoms with Crippen molar-refractivity contribution < 1.29 is 9.84 Å². The molecule has 1 heterocycles. The van der Waals surface area contributed by atoms with Crippen molar-refractivity contribution in [3.8, 4) is 11.5 Å². The van der Waals surface area contributed by atoms with Gasteiger partial charge in [0.2, 0.25) is 5.43 Å². The third-order valence-corrected chi connectivity index (χ3v) is 3.65. The fourth-order valence-corrected chi connectivity index (χ4v) is 2.79. The summed E-state index contributed by atoms with van der Waals surface area (Å²) in [5.74, 6) is 0.535. The quantitative estimate of drug-likeness (QED) is 0.750. The number of benzene rings is 2. The Kier molecular flexibility index (Phi) is 3.29. The molecule has 0 amide bonds. The summed E-state index contributed by atoms with van der Waals surface area (Å²) in [7, 11) is 0. The second-order valence-electron chi connectivity index (χ2n) is 4.86. The van der Waals surface area contributed by atoms with E-state index in [1.807, 2.05) is 42.7 Å². The minimum atomic E-state index is -0.147. The number of aryl methyl sites for hydroxylation is 1. The minimum absolute atomic E-state index is 0.0334. The Morgan fingerprint density at radius 2 is 1.90 bits per heavy atom. The van der Waals surface area contributed by atoms with Crippen LogP contribution in [-0.2, 0) is 6.54 Å². The molecule has 0 spiro atoms. The van der Waals surface area contributed by atoms with E-state index in [9.17, 15) is 9.90 Å². The zero-order valence-electron chi connectivity index (χ0n) is 12.1. The number of fused-ring (bicyclic) bond motifs is 2. The van der Waals surface area contributed by atoms with Crippen LogP contribution in [0, 0.1) is 0 Å². The molecule has 0 saturated heterocycles. The molecule has 21 heavy (non-hydrogen) atoms. The molecule has 0 aliphatic heterocycles. The van der Waals surface area contributed by atoms with Crippen LogP contribution in [0.3, 0.4) is 0 Å². The molecule has 3 rings (SSSR count). The van der Waals surface area contributed by atoms with E-state index in [2.05, 4.69) is 0 Å². The predicted molar refractivity (Wildman–Crippen MR) is 84.2 cm³/mol. The van der Waals surface area contributed by atoms with Crippen LogP contribution >= 0.6 is 0 Å². The molecule has 4 heteroatoms. The topological polar surface area (TPSA) is 51.5 Å².